The van der Waals surface area contributed by atoms with Gasteiger partial charge in [0.25, 0.3) is 0 Å². The largest absolute Gasteiger partial charge is 0.344 e. The Morgan fingerprint density at radius 3 is 2.89 bits per heavy atom. The number of nitrogens with zero attached hydrogens (tertiary/aromatic N) is 1. The van der Waals surface area contributed by atoms with Gasteiger partial charge in [-0.15, -0.1) is 0 Å². The van der Waals surface area contributed by atoms with E-state index in [1.165, 1.54) is 0 Å². The van der Waals surface area contributed by atoms with Gasteiger partial charge >= 0.3 is 0 Å². The summed E-state index contributed by atoms with van der Waals surface area (Å²) in [5.41, 5.74) is 1.03. The van der Waals surface area contributed by atoms with Crippen molar-refractivity contribution in [3.63, 3.8) is 0 Å². The van der Waals surface area contributed by atoms with Crippen LogP contribution in [0.1, 0.15) is 18.4 Å². The summed E-state index contributed by atoms with van der Waals surface area (Å²) in [6.45, 7) is 1.45. The highest BCUT2D eigenvalue weighted by Crippen LogP contribution is 2.21. The fraction of sp³-hybridized carbons (Fsp3) is 0.462. The lowest BCUT2D eigenvalue weighted by molar-refractivity contribution is -0.132. The Labute approximate surface area is 117 Å². The van der Waals surface area contributed by atoms with Gasteiger partial charge in [0, 0.05) is 42.6 Å². The number of carbonyl (C=O) groups excluding carboxylic acids is 1. The van der Waals surface area contributed by atoms with Crippen LogP contribution in [-0.4, -0.2) is 30.4 Å². The van der Waals surface area contributed by atoms with E-state index < -0.39 is 0 Å². The van der Waals surface area contributed by atoms with Crippen LogP contribution in [0.2, 0.25) is 10.0 Å². The summed E-state index contributed by atoms with van der Waals surface area (Å²) in [6, 6.07) is 5.84. The summed E-state index contributed by atoms with van der Waals surface area (Å²) in [5.74, 6) is 0.220. The van der Waals surface area contributed by atoms with Crippen molar-refractivity contribution >= 4 is 29.1 Å². The second-order valence-corrected chi connectivity index (χ2v) is 5.47. The van der Waals surface area contributed by atoms with E-state index in [1.54, 1.807) is 11.0 Å². The monoisotopic (exact) mass is 286 g/mol. The SMILES string of the molecule is CN1CC(NCc2ccc(Cl)cc2Cl)CCC1=O. The number of likely N-dealkylation sites (tertiary alicyclic amines) is 1. The molecule has 1 aromatic carbocycles. The molecule has 0 radical (unpaired) electrons. The molecule has 1 N–H and O–H groups in total. The number of rotatable bonds is 3. The minimum absolute atomic E-state index is 0.220. The normalized spacial score (nSPS) is 20.3. The molecule has 1 aliphatic rings. The number of likely N-dealkylation sites (N-methyl/N-ethyl adjacent to an activating group) is 1. The highest BCUT2D eigenvalue weighted by molar-refractivity contribution is 6.35. The molecule has 98 valence electrons. The molecule has 18 heavy (non-hydrogen) atoms. The third-order valence-corrected chi connectivity index (χ3v) is 3.81. The molecule has 1 aliphatic heterocycles. The van der Waals surface area contributed by atoms with E-state index in [-0.39, 0.29) is 5.91 Å². The van der Waals surface area contributed by atoms with Gasteiger partial charge in [-0.25, -0.2) is 0 Å². The molecule has 1 heterocycles. The van der Waals surface area contributed by atoms with E-state index in [1.807, 2.05) is 19.2 Å². The highest BCUT2D eigenvalue weighted by atomic mass is 35.5. The maximum atomic E-state index is 11.4. The molecule has 1 unspecified atom stereocenters. The third-order valence-electron chi connectivity index (χ3n) is 3.22. The van der Waals surface area contributed by atoms with Crippen molar-refractivity contribution in [2.24, 2.45) is 0 Å². The van der Waals surface area contributed by atoms with Crippen LogP contribution < -0.4 is 5.32 Å². The standard InChI is InChI=1S/C13H16Cl2N2O/c1-17-8-11(4-5-13(17)18)16-7-9-2-3-10(14)6-12(9)15/h2-3,6,11,16H,4-5,7-8H2,1H3. The van der Waals surface area contributed by atoms with Crippen LogP contribution in [0.25, 0.3) is 0 Å². The molecule has 1 saturated heterocycles. The van der Waals surface area contributed by atoms with Crippen molar-refractivity contribution in [3.05, 3.63) is 33.8 Å². The second kappa shape index (κ2) is 5.91. The molecule has 0 aliphatic carbocycles. The van der Waals surface area contributed by atoms with E-state index in [9.17, 15) is 4.79 Å². The van der Waals surface area contributed by atoms with Gasteiger partial charge in [-0.1, -0.05) is 29.3 Å². The van der Waals surface area contributed by atoms with E-state index in [0.717, 1.165) is 18.5 Å². The first-order chi connectivity index (χ1) is 8.56. The third kappa shape index (κ3) is 3.37. The summed E-state index contributed by atoms with van der Waals surface area (Å²) < 4.78 is 0. The van der Waals surface area contributed by atoms with Crippen molar-refractivity contribution in [2.45, 2.75) is 25.4 Å². The number of nitrogens with one attached hydrogen (secondary N) is 1. The first-order valence-corrected chi connectivity index (χ1v) is 6.73. The topological polar surface area (TPSA) is 32.3 Å². The highest BCUT2D eigenvalue weighted by Gasteiger charge is 2.22. The fourth-order valence-electron chi connectivity index (χ4n) is 2.10. The molecule has 1 atom stereocenters. The predicted octanol–water partition coefficient (Wildman–Crippen LogP) is 2.70. The van der Waals surface area contributed by atoms with Crippen LogP contribution in [0.5, 0.6) is 0 Å². The van der Waals surface area contributed by atoms with Gasteiger partial charge in [0.05, 0.1) is 0 Å². The summed E-state index contributed by atoms with van der Waals surface area (Å²) in [6.07, 6.45) is 1.50. The number of benzene rings is 1. The van der Waals surface area contributed by atoms with E-state index in [2.05, 4.69) is 5.32 Å². The van der Waals surface area contributed by atoms with Gasteiger partial charge in [-0.2, -0.15) is 0 Å². The Balaban J connectivity index is 1.90. The van der Waals surface area contributed by atoms with Crippen LogP contribution in [0.3, 0.4) is 0 Å². The number of amides is 1. The molecule has 2 rings (SSSR count). The van der Waals surface area contributed by atoms with E-state index in [4.69, 9.17) is 23.2 Å². The zero-order valence-corrected chi connectivity index (χ0v) is 11.8. The molecule has 0 spiro atoms. The van der Waals surface area contributed by atoms with E-state index in [0.29, 0.717) is 29.1 Å². The van der Waals surface area contributed by atoms with E-state index >= 15 is 0 Å². The van der Waals surface area contributed by atoms with Crippen molar-refractivity contribution in [3.8, 4) is 0 Å². The molecule has 0 bridgehead atoms. The maximum Gasteiger partial charge on any atom is 0.222 e. The van der Waals surface area contributed by atoms with Gasteiger partial charge in [0.15, 0.2) is 0 Å². The smallest absolute Gasteiger partial charge is 0.222 e. The lowest BCUT2D eigenvalue weighted by Crippen LogP contribution is -2.46. The first-order valence-electron chi connectivity index (χ1n) is 5.97. The molecular weight excluding hydrogens is 271 g/mol. The van der Waals surface area contributed by atoms with Gasteiger partial charge < -0.3 is 10.2 Å². The molecule has 5 heteroatoms. The van der Waals surface area contributed by atoms with Crippen molar-refractivity contribution in [1.82, 2.24) is 10.2 Å². The Bertz CT molecular complexity index is 451. The van der Waals surface area contributed by atoms with Gasteiger partial charge in [0.2, 0.25) is 5.91 Å². The quantitative estimate of drug-likeness (QED) is 0.927. The van der Waals surface area contributed by atoms with Crippen LogP contribution >= 0.6 is 23.2 Å². The van der Waals surface area contributed by atoms with Crippen LogP contribution in [-0.2, 0) is 11.3 Å². The zero-order chi connectivity index (χ0) is 13.1. The average Bonchev–Trinajstić information content (AvgIpc) is 2.32. The van der Waals surface area contributed by atoms with Crippen molar-refractivity contribution in [1.29, 1.82) is 0 Å². The summed E-state index contributed by atoms with van der Waals surface area (Å²) in [4.78, 5) is 13.1. The summed E-state index contributed by atoms with van der Waals surface area (Å²) in [5, 5.41) is 4.75. The maximum absolute atomic E-state index is 11.4. The van der Waals surface area contributed by atoms with Crippen LogP contribution in [0.15, 0.2) is 18.2 Å². The number of carbonyl (C=O) groups is 1. The Hall–Kier alpha value is -0.770. The second-order valence-electron chi connectivity index (χ2n) is 4.63. The zero-order valence-electron chi connectivity index (χ0n) is 10.2. The number of hydrogen-bond donors (Lipinski definition) is 1. The summed E-state index contributed by atoms with van der Waals surface area (Å²) in [7, 11) is 1.84. The van der Waals surface area contributed by atoms with Crippen molar-refractivity contribution in [2.75, 3.05) is 13.6 Å². The minimum Gasteiger partial charge on any atom is -0.344 e. The van der Waals surface area contributed by atoms with Crippen LogP contribution in [0, 0.1) is 0 Å². The Morgan fingerprint density at radius 1 is 1.44 bits per heavy atom. The Kier molecular flexibility index (Phi) is 4.49. The molecule has 0 saturated carbocycles. The minimum atomic E-state index is 0.220. The number of piperidine rings is 1. The number of halogens is 2. The Morgan fingerprint density at radius 2 is 2.22 bits per heavy atom. The van der Waals surface area contributed by atoms with Gasteiger partial charge in [-0.3, -0.25) is 4.79 Å². The predicted molar refractivity (Wildman–Crippen MR) is 74.0 cm³/mol. The molecule has 0 aromatic heterocycles. The number of hydrogen-bond acceptors (Lipinski definition) is 2. The lowest BCUT2D eigenvalue weighted by atomic mass is 10.1. The molecule has 1 fully saturated rings. The van der Waals surface area contributed by atoms with Gasteiger partial charge in [0.1, 0.15) is 0 Å². The lowest BCUT2D eigenvalue weighted by Gasteiger charge is -2.30. The van der Waals surface area contributed by atoms with Gasteiger partial charge in [-0.05, 0) is 24.1 Å². The van der Waals surface area contributed by atoms with Crippen molar-refractivity contribution < 1.29 is 4.79 Å². The van der Waals surface area contributed by atoms with Crippen LogP contribution in [0.4, 0.5) is 0 Å². The fourth-order valence-corrected chi connectivity index (χ4v) is 2.57. The molecule has 1 amide bonds. The molecule has 1 aromatic rings. The summed E-state index contributed by atoms with van der Waals surface area (Å²) >= 11 is 12.0. The molecule has 3 nitrogen and oxygen atoms in total. The average molecular weight is 287 g/mol. The first kappa shape index (κ1) is 13.7. The molecular formula is C13H16Cl2N2O.